The molecule has 0 fully saturated rings. The molecular weight excluding hydrogens is 585 g/mol. The number of aromatic nitrogens is 2. The van der Waals surface area contributed by atoms with Gasteiger partial charge in [0.15, 0.2) is 11.7 Å². The van der Waals surface area contributed by atoms with E-state index < -0.39 is 30.3 Å². The molecule has 3 atom stereocenters. The Bertz CT molecular complexity index is 1460. The number of fused-ring (bicyclic) bond motifs is 1. The minimum Gasteiger partial charge on any atom is -0.384 e. The van der Waals surface area contributed by atoms with Gasteiger partial charge < -0.3 is 15.7 Å². The summed E-state index contributed by atoms with van der Waals surface area (Å²) in [5.41, 5.74) is 1.61. The second-order valence-electron chi connectivity index (χ2n) is 8.86. The normalized spacial score (nSPS) is 17.8. The van der Waals surface area contributed by atoms with E-state index in [0.29, 0.717) is 21.7 Å². The first-order valence-electron chi connectivity index (χ1n) is 11.6. The van der Waals surface area contributed by atoms with Gasteiger partial charge in [-0.05, 0) is 45.3 Å². The summed E-state index contributed by atoms with van der Waals surface area (Å²) in [4.78, 5) is 13.3. The van der Waals surface area contributed by atoms with Crippen molar-refractivity contribution in [3.8, 4) is 0 Å². The van der Waals surface area contributed by atoms with Crippen LogP contribution in [0.2, 0.25) is 5.02 Å². The molecule has 3 aromatic carbocycles. The van der Waals surface area contributed by atoms with Gasteiger partial charge in [-0.25, -0.2) is 4.68 Å². The number of nitrogens with zero attached hydrogens (tertiary/aromatic N) is 2. The summed E-state index contributed by atoms with van der Waals surface area (Å²) in [6.07, 6.45) is -5.99. The fourth-order valence-corrected chi connectivity index (χ4v) is 5.24. The van der Waals surface area contributed by atoms with Crippen LogP contribution in [-0.4, -0.2) is 27.0 Å². The van der Waals surface area contributed by atoms with Crippen LogP contribution in [0.15, 0.2) is 83.3 Å². The minimum atomic E-state index is -4.59. The molecule has 1 aliphatic rings. The number of hydrogen-bond donors (Lipinski definition) is 3. The summed E-state index contributed by atoms with van der Waals surface area (Å²) in [6.45, 7) is 0. The molecular formula is C27H21BrClF3N4O2. The number of carbonyl (C=O) groups is 1. The maximum Gasteiger partial charge on any atom is 0.410 e. The Labute approximate surface area is 229 Å². The highest BCUT2D eigenvalue weighted by Gasteiger charge is 2.47. The van der Waals surface area contributed by atoms with Gasteiger partial charge in [0.25, 0.3) is 5.91 Å². The van der Waals surface area contributed by atoms with Crippen LogP contribution < -0.4 is 10.6 Å². The van der Waals surface area contributed by atoms with Crippen LogP contribution in [-0.2, 0) is 0 Å². The Hall–Kier alpha value is -3.34. The van der Waals surface area contributed by atoms with Crippen molar-refractivity contribution < 1.29 is 23.1 Å². The Balaban J connectivity index is 1.49. The Kier molecular flexibility index (Phi) is 7.21. The van der Waals surface area contributed by atoms with E-state index in [0.717, 1.165) is 4.68 Å². The first kappa shape index (κ1) is 26.3. The zero-order chi connectivity index (χ0) is 27.0. The number of carbonyl (C=O) groups excluding carboxylic acids is 1. The van der Waals surface area contributed by atoms with Gasteiger partial charge in [-0.15, -0.1) is 0 Å². The fourth-order valence-electron chi connectivity index (χ4n) is 4.51. The second-order valence-corrected chi connectivity index (χ2v) is 10.1. The van der Waals surface area contributed by atoms with Crippen LogP contribution in [0.3, 0.4) is 0 Å². The Morgan fingerprint density at radius 2 is 1.76 bits per heavy atom. The molecule has 196 valence electrons. The van der Waals surface area contributed by atoms with Gasteiger partial charge in [0, 0.05) is 22.7 Å². The lowest BCUT2D eigenvalue weighted by atomic mass is 9.97. The van der Waals surface area contributed by atoms with Crippen LogP contribution in [0.5, 0.6) is 0 Å². The first-order valence-corrected chi connectivity index (χ1v) is 12.8. The molecule has 1 amide bonds. The maximum absolute atomic E-state index is 14.1. The number of benzene rings is 3. The third-order valence-electron chi connectivity index (χ3n) is 6.38. The van der Waals surface area contributed by atoms with Gasteiger partial charge in [0.05, 0.1) is 10.5 Å². The zero-order valence-electron chi connectivity index (χ0n) is 19.6. The van der Waals surface area contributed by atoms with Gasteiger partial charge in [-0.3, -0.25) is 4.79 Å². The van der Waals surface area contributed by atoms with Crippen molar-refractivity contribution in [3.05, 3.63) is 111 Å². The summed E-state index contributed by atoms with van der Waals surface area (Å²) < 4.78 is 43.2. The Morgan fingerprint density at radius 1 is 1.11 bits per heavy atom. The first-order chi connectivity index (χ1) is 18.1. The molecule has 0 bridgehead atoms. The maximum atomic E-state index is 14.1. The van der Waals surface area contributed by atoms with Crippen molar-refractivity contribution in [3.63, 3.8) is 0 Å². The highest BCUT2D eigenvalue weighted by Crippen LogP contribution is 2.46. The molecule has 5 rings (SSSR count). The van der Waals surface area contributed by atoms with Crippen LogP contribution in [0.1, 0.15) is 51.8 Å². The molecule has 11 heteroatoms. The van der Waals surface area contributed by atoms with Crippen LogP contribution >= 0.6 is 27.5 Å². The summed E-state index contributed by atoms with van der Waals surface area (Å²) in [5.74, 6) is -0.695. The smallest absolute Gasteiger partial charge is 0.384 e. The van der Waals surface area contributed by atoms with Crippen molar-refractivity contribution in [2.75, 3.05) is 10.6 Å². The number of rotatable bonds is 5. The third-order valence-corrected chi connectivity index (χ3v) is 7.37. The van der Waals surface area contributed by atoms with Crippen molar-refractivity contribution in [1.29, 1.82) is 0 Å². The topological polar surface area (TPSA) is 79.2 Å². The molecule has 0 saturated heterocycles. The quantitative estimate of drug-likeness (QED) is 0.223. The number of alkyl halides is 3. The molecule has 0 aliphatic carbocycles. The number of hydrogen-bond acceptors (Lipinski definition) is 4. The molecule has 0 radical (unpaired) electrons. The summed E-state index contributed by atoms with van der Waals surface area (Å²) >= 11 is 9.45. The van der Waals surface area contributed by atoms with E-state index in [1.165, 1.54) is 18.2 Å². The van der Waals surface area contributed by atoms with E-state index in [2.05, 4.69) is 31.7 Å². The lowest BCUT2D eigenvalue weighted by Crippen LogP contribution is -2.35. The van der Waals surface area contributed by atoms with Gasteiger partial charge in [-0.2, -0.15) is 18.3 Å². The number of anilines is 2. The van der Waals surface area contributed by atoms with Gasteiger partial charge in [-0.1, -0.05) is 72.3 Å². The number of halogens is 5. The SMILES string of the molecule is O=C(Nc1ccc(Cl)cc1C(O)c1ccccc1)c1nn2c(c1Br)NC(c1ccccc1)CC2C(F)(F)F. The van der Waals surface area contributed by atoms with E-state index in [-0.39, 0.29) is 28.1 Å². The van der Waals surface area contributed by atoms with E-state index >= 15 is 0 Å². The lowest BCUT2D eigenvalue weighted by Gasteiger charge is -2.33. The van der Waals surface area contributed by atoms with Crippen molar-refractivity contribution in [2.24, 2.45) is 0 Å². The molecule has 0 saturated carbocycles. The average Bonchev–Trinajstić information content (AvgIpc) is 3.25. The molecule has 3 N–H and O–H groups in total. The molecule has 1 aliphatic heterocycles. The molecule has 1 aromatic heterocycles. The molecule has 4 aromatic rings. The largest absolute Gasteiger partial charge is 0.410 e. The highest BCUT2D eigenvalue weighted by atomic mass is 79.9. The van der Waals surface area contributed by atoms with E-state index in [1.807, 2.05) is 0 Å². The van der Waals surface area contributed by atoms with Gasteiger partial charge >= 0.3 is 6.18 Å². The molecule has 0 spiro atoms. The lowest BCUT2D eigenvalue weighted by molar-refractivity contribution is -0.173. The zero-order valence-corrected chi connectivity index (χ0v) is 21.9. The van der Waals surface area contributed by atoms with E-state index in [4.69, 9.17) is 11.6 Å². The van der Waals surface area contributed by atoms with Gasteiger partial charge in [0.1, 0.15) is 11.9 Å². The van der Waals surface area contributed by atoms with Crippen LogP contribution in [0, 0.1) is 0 Å². The summed E-state index contributed by atoms with van der Waals surface area (Å²) in [5, 5.41) is 21.1. The summed E-state index contributed by atoms with van der Waals surface area (Å²) in [7, 11) is 0. The number of aliphatic hydroxyl groups is 1. The number of aliphatic hydroxyl groups excluding tert-OH is 1. The predicted octanol–water partition coefficient (Wildman–Crippen LogP) is 7.29. The standard InChI is InChI=1S/C27H21BrClF3N4O2/c28-22-23(26(38)34-19-12-11-17(29)13-18(19)24(37)16-9-5-2-6-10-16)35-36-21(27(30,31)32)14-20(33-25(22)36)15-7-3-1-4-8-15/h1-13,20-21,24,33,37H,14H2,(H,34,38). The second kappa shape index (κ2) is 10.4. The molecule has 2 heterocycles. The monoisotopic (exact) mass is 604 g/mol. The summed E-state index contributed by atoms with van der Waals surface area (Å²) in [6, 6.07) is 19.6. The molecule has 38 heavy (non-hydrogen) atoms. The van der Waals surface area contributed by atoms with Crippen molar-refractivity contribution in [1.82, 2.24) is 9.78 Å². The van der Waals surface area contributed by atoms with Crippen molar-refractivity contribution >= 4 is 44.9 Å². The molecule has 3 unspecified atom stereocenters. The third kappa shape index (κ3) is 5.16. The van der Waals surface area contributed by atoms with Gasteiger partial charge in [0.2, 0.25) is 0 Å². The number of amides is 1. The fraction of sp³-hybridized carbons (Fsp3) is 0.185. The average molecular weight is 606 g/mol. The predicted molar refractivity (Wildman–Crippen MR) is 142 cm³/mol. The highest BCUT2D eigenvalue weighted by molar-refractivity contribution is 9.10. The van der Waals surface area contributed by atoms with Crippen molar-refractivity contribution in [2.45, 2.75) is 30.8 Å². The van der Waals surface area contributed by atoms with Crippen LogP contribution in [0.4, 0.5) is 24.7 Å². The van der Waals surface area contributed by atoms with E-state index in [1.54, 1.807) is 60.7 Å². The Morgan fingerprint density at radius 3 is 2.42 bits per heavy atom. The van der Waals surface area contributed by atoms with E-state index in [9.17, 15) is 23.1 Å². The minimum absolute atomic E-state index is 0.0539. The number of nitrogens with one attached hydrogen (secondary N) is 2. The molecule has 6 nitrogen and oxygen atoms in total. The van der Waals surface area contributed by atoms with Crippen LogP contribution in [0.25, 0.3) is 0 Å².